The molecule has 8 aliphatic rings. The van der Waals surface area contributed by atoms with Crippen molar-refractivity contribution in [3.05, 3.63) is 52.8 Å². The Labute approximate surface area is 466 Å². The van der Waals surface area contributed by atoms with Crippen LogP contribution in [0.5, 0.6) is 0 Å². The number of hydrogen-bond donors (Lipinski definition) is 2. The second kappa shape index (κ2) is 24.5. The van der Waals surface area contributed by atoms with E-state index < -0.39 is 6.04 Å². The lowest BCUT2D eigenvalue weighted by Crippen LogP contribution is -2.72. The third-order valence-electron chi connectivity index (χ3n) is 20.3. The van der Waals surface area contributed by atoms with Crippen LogP contribution in [0.3, 0.4) is 0 Å². The minimum Gasteiger partial charge on any atom is -0.467 e. The number of methoxy groups -OCH3 is 2. The van der Waals surface area contributed by atoms with E-state index in [1.165, 1.54) is 41.5 Å². The molecule has 5 aliphatic heterocycles. The predicted octanol–water partition coefficient (Wildman–Crippen LogP) is 7.24. The van der Waals surface area contributed by atoms with Gasteiger partial charge in [-0.2, -0.15) is 0 Å². The van der Waals surface area contributed by atoms with Crippen LogP contribution in [-0.4, -0.2) is 187 Å². The average Bonchev–Trinajstić information content (AvgIpc) is 4.01. The zero-order valence-corrected chi connectivity index (χ0v) is 48.9. The number of likely N-dealkylation sites (tertiary alicyclic amines) is 1. The minimum absolute atomic E-state index is 0.00277. The summed E-state index contributed by atoms with van der Waals surface area (Å²) in [6, 6.07) is 9.40. The number of nitrogens with zero attached hydrogens (tertiary/aromatic N) is 7. The SMILES string of the molecule is CCC1C(c2cc(N3CCN(C)CC3)cnc2[C@H](C)OC)=C(CC(C)(C)COC=O)c2cc(N(CCOC)CC[C@H]3C4CC5(COC5)C4C(C)[C@H](N4CCC[C@H]4CN(C)C4CCC4)C(=O)N[C@@H]3C(=O)N3CCCCN3)ccc21. The lowest BCUT2D eigenvalue weighted by molar-refractivity contribution is -0.256. The van der Waals surface area contributed by atoms with Gasteiger partial charge in [0.15, 0.2) is 0 Å². The van der Waals surface area contributed by atoms with E-state index in [0.717, 1.165) is 127 Å². The van der Waals surface area contributed by atoms with Crippen LogP contribution in [0.25, 0.3) is 11.1 Å². The number of hydrogen-bond acceptors (Lipinski definition) is 14. The van der Waals surface area contributed by atoms with E-state index in [1.54, 1.807) is 14.2 Å². The first-order valence-electron chi connectivity index (χ1n) is 30.2. The van der Waals surface area contributed by atoms with E-state index in [1.807, 2.05) is 11.2 Å². The molecule has 1 aromatic carbocycles. The number of pyridine rings is 1. The molecule has 2 aromatic rings. The van der Waals surface area contributed by atoms with Gasteiger partial charge in [0.05, 0.1) is 56.2 Å². The smallest absolute Gasteiger partial charge is 0.293 e. The topological polar surface area (TPSA) is 145 Å². The molecular formula is C62H95N9O7. The van der Waals surface area contributed by atoms with Crippen LogP contribution in [0, 0.1) is 34.5 Å². The first-order chi connectivity index (χ1) is 37.7. The number of rotatable bonds is 22. The maximum absolute atomic E-state index is 15.4. The van der Waals surface area contributed by atoms with Gasteiger partial charge in [-0.1, -0.05) is 40.2 Å². The molecule has 16 nitrogen and oxygen atoms in total. The highest BCUT2D eigenvalue weighted by Gasteiger charge is 2.65. The van der Waals surface area contributed by atoms with Crippen molar-refractivity contribution in [3.8, 4) is 0 Å². The molecule has 2 amide bonds. The fraction of sp³-hybridized carbons (Fsp3) is 0.742. The number of hydrazine groups is 1. The van der Waals surface area contributed by atoms with Crippen LogP contribution in [-0.2, 0) is 33.3 Å². The highest BCUT2D eigenvalue weighted by Crippen LogP contribution is 2.63. The molecule has 0 bridgehead atoms. The number of aromatic nitrogens is 1. The number of benzene rings is 1. The third kappa shape index (κ3) is 11.4. The normalized spacial score (nSPS) is 29.0. The first kappa shape index (κ1) is 57.1. The fourth-order valence-corrected chi connectivity index (χ4v) is 15.7. The van der Waals surface area contributed by atoms with Crippen molar-refractivity contribution in [3.63, 3.8) is 0 Å². The predicted molar refractivity (Wildman–Crippen MR) is 307 cm³/mol. The number of nitrogens with one attached hydrogen (secondary N) is 2. The van der Waals surface area contributed by atoms with Crippen molar-refractivity contribution in [2.45, 2.75) is 141 Å². The molecule has 10 rings (SSSR count). The maximum atomic E-state index is 15.4. The van der Waals surface area contributed by atoms with Crippen molar-refractivity contribution in [1.29, 1.82) is 0 Å². The number of fused-ring (bicyclic) bond motifs is 3. The van der Waals surface area contributed by atoms with Gasteiger partial charge in [0, 0.05) is 113 Å². The molecule has 3 aliphatic carbocycles. The summed E-state index contributed by atoms with van der Waals surface area (Å²) in [6.07, 6.45) is 13.1. The highest BCUT2D eigenvalue weighted by atomic mass is 16.5. The molecule has 430 valence electrons. The molecule has 16 heteroatoms. The number of ether oxygens (including phenoxy) is 4. The Morgan fingerprint density at radius 1 is 1.01 bits per heavy atom. The Balaban J connectivity index is 1.01. The van der Waals surface area contributed by atoms with Gasteiger partial charge in [0.2, 0.25) is 5.91 Å². The van der Waals surface area contributed by atoms with Crippen LogP contribution < -0.4 is 20.5 Å². The van der Waals surface area contributed by atoms with Crippen LogP contribution in [0.4, 0.5) is 11.4 Å². The highest BCUT2D eigenvalue weighted by molar-refractivity contribution is 6.01. The first-order valence-corrected chi connectivity index (χ1v) is 30.2. The lowest BCUT2D eigenvalue weighted by atomic mass is 9.44. The van der Waals surface area contributed by atoms with Crippen LogP contribution in [0.1, 0.15) is 140 Å². The lowest BCUT2D eigenvalue weighted by Gasteiger charge is -2.66. The fourth-order valence-electron chi connectivity index (χ4n) is 15.7. The second-order valence-corrected chi connectivity index (χ2v) is 25.8. The third-order valence-corrected chi connectivity index (χ3v) is 20.3. The molecule has 2 N–H and O–H groups in total. The van der Waals surface area contributed by atoms with Crippen molar-refractivity contribution < 1.29 is 33.3 Å². The summed E-state index contributed by atoms with van der Waals surface area (Å²) in [4.78, 5) is 60.1. The summed E-state index contributed by atoms with van der Waals surface area (Å²) < 4.78 is 23.6. The minimum atomic E-state index is -0.663. The van der Waals surface area contributed by atoms with Gasteiger partial charge in [0.1, 0.15) is 6.04 Å². The Morgan fingerprint density at radius 3 is 2.47 bits per heavy atom. The number of amides is 2. The maximum Gasteiger partial charge on any atom is 0.293 e. The Bertz CT molecular complexity index is 2450. The number of piperazine rings is 1. The molecule has 4 unspecified atom stereocenters. The van der Waals surface area contributed by atoms with Gasteiger partial charge in [0.25, 0.3) is 12.4 Å². The zero-order chi connectivity index (χ0) is 54.9. The van der Waals surface area contributed by atoms with Crippen LogP contribution in [0.15, 0.2) is 30.5 Å². The quantitative estimate of drug-likeness (QED) is 0.114. The zero-order valence-electron chi connectivity index (χ0n) is 48.9. The number of carbonyl (C=O) groups excluding carboxylic acids is 3. The summed E-state index contributed by atoms with van der Waals surface area (Å²) in [6.45, 7) is 22.4. The molecule has 6 heterocycles. The summed E-state index contributed by atoms with van der Waals surface area (Å²) in [7, 11) is 8.00. The summed E-state index contributed by atoms with van der Waals surface area (Å²) in [5, 5.41) is 5.42. The van der Waals surface area contributed by atoms with Crippen LogP contribution in [0.2, 0.25) is 0 Å². The molecule has 0 radical (unpaired) electrons. The monoisotopic (exact) mass is 1080 g/mol. The number of allylic oxidation sites excluding steroid dienone is 2. The molecule has 78 heavy (non-hydrogen) atoms. The number of carbonyl (C=O) groups is 3. The Hall–Kier alpha value is -4.16. The van der Waals surface area contributed by atoms with E-state index in [2.05, 4.69) is 108 Å². The number of anilines is 2. The van der Waals surface area contributed by atoms with Crippen molar-refractivity contribution in [1.82, 2.24) is 35.4 Å². The summed E-state index contributed by atoms with van der Waals surface area (Å²) >= 11 is 0. The van der Waals surface area contributed by atoms with Gasteiger partial charge >= 0.3 is 0 Å². The summed E-state index contributed by atoms with van der Waals surface area (Å²) in [5.74, 6) is 0.633. The van der Waals surface area contributed by atoms with E-state index in [4.69, 9.17) is 23.9 Å². The molecule has 1 spiro atoms. The van der Waals surface area contributed by atoms with Gasteiger partial charge in [-0.05, 0) is 156 Å². The molecule has 7 fully saturated rings. The average molecular weight is 1080 g/mol. The standard InChI is InChI=1S/C62H95N9O7/c1-10-47-48-19-18-44(31-50(48)52(33-61(4,5)37-78-40-72)54(47)51-32-46(35-63-56(51)42(3)76-9)69-27-25-66(6)26-28-69)68(29-30-75-8)24-20-49-53-34-62(38-77-39-62)55(53)41(2)58(59(73)65-57(49)60(74)71-23-12-11-21-64-71)70-22-14-17-45(70)36-67(7)43-15-13-16-43/h18-19,31-32,35,40-43,45,47,49,53,55,57-58,64H,10-17,20-30,33-34,36-39H2,1-9H3,(H,65,73)/t41?,42-,45-,47?,49-,53?,55?,57-,58-/m0/s1. The van der Waals surface area contributed by atoms with Gasteiger partial charge in [-0.25, -0.2) is 5.43 Å². The molecular weight excluding hydrogens is 983 g/mol. The van der Waals surface area contributed by atoms with E-state index in [-0.39, 0.29) is 71.0 Å². The van der Waals surface area contributed by atoms with E-state index in [9.17, 15) is 4.79 Å². The second-order valence-electron chi connectivity index (χ2n) is 25.8. The molecule has 2 saturated carbocycles. The molecule has 1 aromatic heterocycles. The molecule has 9 atom stereocenters. The van der Waals surface area contributed by atoms with Crippen molar-refractivity contribution in [2.24, 2.45) is 34.5 Å². The Morgan fingerprint density at radius 2 is 1.81 bits per heavy atom. The van der Waals surface area contributed by atoms with Gasteiger partial charge in [-0.3, -0.25) is 29.3 Å². The summed E-state index contributed by atoms with van der Waals surface area (Å²) in [5.41, 5.74) is 12.4. The number of likely N-dealkylation sites (N-methyl/N-ethyl adjacent to an activating group) is 2. The van der Waals surface area contributed by atoms with E-state index in [0.29, 0.717) is 51.2 Å². The van der Waals surface area contributed by atoms with Crippen LogP contribution >= 0.6 is 0 Å². The van der Waals surface area contributed by atoms with Crippen molar-refractivity contribution in [2.75, 3.05) is 130 Å². The molecule has 5 saturated heterocycles. The van der Waals surface area contributed by atoms with Gasteiger partial charge in [-0.15, -0.1) is 0 Å². The van der Waals surface area contributed by atoms with Crippen molar-refractivity contribution >= 4 is 40.8 Å². The Kier molecular flexibility index (Phi) is 17.9. The van der Waals surface area contributed by atoms with Gasteiger partial charge < -0.3 is 43.9 Å². The largest absolute Gasteiger partial charge is 0.467 e. The van der Waals surface area contributed by atoms with E-state index >= 15 is 9.59 Å².